The van der Waals surface area contributed by atoms with E-state index in [1.54, 1.807) is 0 Å². The van der Waals surface area contributed by atoms with E-state index < -0.39 is 39.2 Å². The summed E-state index contributed by atoms with van der Waals surface area (Å²) in [7, 11) is -4.93. The highest BCUT2D eigenvalue weighted by Crippen LogP contribution is 2.22. The van der Waals surface area contributed by atoms with Crippen LogP contribution in [0.3, 0.4) is 0 Å². The van der Waals surface area contributed by atoms with E-state index in [0.717, 1.165) is 0 Å². The Labute approximate surface area is 99.8 Å². The first kappa shape index (κ1) is 16.4. The fraction of sp³-hybridized carbons (Fsp3) is 1.00. The first-order valence-electron chi connectivity index (χ1n) is 5.32. The molecule has 0 saturated heterocycles. The van der Waals surface area contributed by atoms with Crippen molar-refractivity contribution in [3.8, 4) is 0 Å². The van der Waals surface area contributed by atoms with Crippen LogP contribution in [-0.2, 0) is 8.23 Å². The Hall–Kier alpha value is 0.361. The molecule has 98 valence electrons. The van der Waals surface area contributed by atoms with Crippen LogP contribution in [0.4, 0.5) is 13.2 Å². The van der Waals surface area contributed by atoms with E-state index in [9.17, 15) is 13.2 Å². The van der Waals surface area contributed by atoms with Crippen LogP contribution in [0, 0.1) is 0 Å². The lowest BCUT2D eigenvalue weighted by atomic mass is 10.5. The maximum absolute atomic E-state index is 11.9. The number of hydrogen-bond acceptors (Lipinski definition) is 2. The molecular formula is C8H21F3O2Si3. The summed E-state index contributed by atoms with van der Waals surface area (Å²) < 4.78 is 47.2. The fourth-order valence-corrected chi connectivity index (χ4v) is 11.1. The molecule has 0 saturated carbocycles. The van der Waals surface area contributed by atoms with Gasteiger partial charge in [-0.15, -0.1) is 0 Å². The van der Waals surface area contributed by atoms with E-state index in [0.29, 0.717) is 0 Å². The second-order valence-corrected chi connectivity index (χ2v) is 15.3. The van der Waals surface area contributed by atoms with E-state index in [2.05, 4.69) is 19.6 Å². The Balaban J connectivity index is 3.83. The smallest absolute Gasteiger partial charge is 0.388 e. The molecule has 0 aromatic rings. The molecule has 0 atom stereocenters. The van der Waals surface area contributed by atoms with Crippen molar-refractivity contribution in [3.05, 3.63) is 0 Å². The molecule has 8 heteroatoms. The summed E-state index contributed by atoms with van der Waals surface area (Å²) in [5, 5.41) is 0. The molecule has 2 nitrogen and oxygen atoms in total. The maximum atomic E-state index is 11.9. The minimum atomic E-state index is -4.05. The minimum absolute atomic E-state index is 0.148. The molecule has 0 N–H and O–H groups in total. The van der Waals surface area contributed by atoms with Crippen molar-refractivity contribution in [2.24, 2.45) is 0 Å². The Morgan fingerprint density at radius 3 is 1.94 bits per heavy atom. The number of hydrogen-bond donors (Lipinski definition) is 0. The summed E-state index contributed by atoms with van der Waals surface area (Å²) in [6.45, 7) is 9.99. The summed E-state index contributed by atoms with van der Waals surface area (Å²) >= 11 is 0. The molecule has 0 radical (unpaired) electrons. The zero-order valence-corrected chi connectivity index (χ0v) is 14.0. The Morgan fingerprint density at radius 2 is 1.56 bits per heavy atom. The molecule has 0 aromatic heterocycles. The molecule has 0 aromatic carbocycles. The first-order valence-corrected chi connectivity index (χ1v) is 13.1. The third-order valence-corrected chi connectivity index (χ3v) is 10.3. The van der Waals surface area contributed by atoms with Crippen LogP contribution in [-0.4, -0.2) is 32.8 Å². The fourth-order valence-electron chi connectivity index (χ4n) is 1.36. The minimum Gasteiger partial charge on any atom is -0.442 e. The van der Waals surface area contributed by atoms with Gasteiger partial charge in [0.1, 0.15) is 9.76 Å². The molecule has 0 aliphatic rings. The van der Waals surface area contributed by atoms with Gasteiger partial charge in [0, 0.05) is 6.42 Å². The Morgan fingerprint density at radius 1 is 1.06 bits per heavy atom. The van der Waals surface area contributed by atoms with Gasteiger partial charge in [0.15, 0.2) is 8.32 Å². The zero-order valence-electron chi connectivity index (χ0n) is 10.6. The molecule has 0 aliphatic heterocycles. The average molecular weight is 291 g/mol. The lowest BCUT2D eigenvalue weighted by Gasteiger charge is -2.31. The molecule has 0 heterocycles. The van der Waals surface area contributed by atoms with Gasteiger partial charge in [-0.05, 0) is 38.8 Å². The summed E-state index contributed by atoms with van der Waals surface area (Å²) in [5.41, 5.74) is 0. The molecule has 0 bridgehead atoms. The lowest BCUT2D eigenvalue weighted by Crippen LogP contribution is -2.45. The van der Waals surface area contributed by atoms with E-state index in [1.165, 1.54) is 0 Å². The topological polar surface area (TPSA) is 18.5 Å². The van der Waals surface area contributed by atoms with Crippen molar-refractivity contribution < 1.29 is 21.4 Å². The molecule has 0 spiro atoms. The van der Waals surface area contributed by atoms with Gasteiger partial charge in [0.2, 0.25) is 0 Å². The molecular weight excluding hydrogens is 269 g/mol. The second kappa shape index (κ2) is 5.80. The Bertz CT molecular complexity index is 214. The van der Waals surface area contributed by atoms with Crippen molar-refractivity contribution in [2.75, 3.05) is 0 Å². The van der Waals surface area contributed by atoms with E-state index in [4.69, 9.17) is 8.23 Å². The largest absolute Gasteiger partial charge is 0.442 e. The average Bonchev–Trinajstić information content (AvgIpc) is 1.91. The summed E-state index contributed by atoms with van der Waals surface area (Å²) in [4.78, 5) is 0. The van der Waals surface area contributed by atoms with Crippen LogP contribution < -0.4 is 0 Å². The van der Waals surface area contributed by atoms with Crippen LogP contribution in [0.25, 0.3) is 0 Å². The molecule has 0 fully saturated rings. The van der Waals surface area contributed by atoms with Gasteiger partial charge in [-0.2, -0.15) is 13.2 Å². The molecule has 0 amide bonds. The molecule has 16 heavy (non-hydrogen) atoms. The monoisotopic (exact) mass is 290 g/mol. The van der Waals surface area contributed by atoms with Crippen LogP contribution in [0.15, 0.2) is 0 Å². The number of alkyl halides is 3. The van der Waals surface area contributed by atoms with Gasteiger partial charge < -0.3 is 8.23 Å². The standard InChI is InChI=1S/C8H21F3O2Si3/c1-15(2,3)13-16(4,5)12-14-7-6-8(9,10)11/h6-7,14H2,1-5H3. The van der Waals surface area contributed by atoms with E-state index >= 15 is 0 Å². The second-order valence-electron chi connectivity index (χ2n) is 5.18. The van der Waals surface area contributed by atoms with Gasteiger partial charge in [-0.25, -0.2) is 0 Å². The van der Waals surface area contributed by atoms with Crippen molar-refractivity contribution in [3.63, 3.8) is 0 Å². The van der Waals surface area contributed by atoms with E-state index in [-0.39, 0.29) is 6.04 Å². The van der Waals surface area contributed by atoms with Gasteiger partial charge in [-0.1, -0.05) is 0 Å². The van der Waals surface area contributed by atoms with Gasteiger partial charge in [0.25, 0.3) is 0 Å². The summed E-state index contributed by atoms with van der Waals surface area (Å²) in [6.07, 6.45) is -4.78. The molecule has 0 aliphatic carbocycles. The predicted molar refractivity (Wildman–Crippen MR) is 67.0 cm³/mol. The van der Waals surface area contributed by atoms with Crippen LogP contribution in [0.5, 0.6) is 0 Å². The lowest BCUT2D eigenvalue weighted by molar-refractivity contribution is -0.130. The highest BCUT2D eigenvalue weighted by atomic mass is 28.5. The number of rotatable bonds is 6. The van der Waals surface area contributed by atoms with Crippen LogP contribution in [0.1, 0.15) is 6.42 Å². The summed E-state index contributed by atoms with van der Waals surface area (Å²) in [6, 6.07) is 0.148. The van der Waals surface area contributed by atoms with Gasteiger partial charge >= 0.3 is 14.7 Å². The van der Waals surface area contributed by atoms with Crippen LogP contribution in [0.2, 0.25) is 38.8 Å². The zero-order chi connectivity index (χ0) is 13.0. The van der Waals surface area contributed by atoms with Crippen molar-refractivity contribution in [1.29, 1.82) is 0 Å². The summed E-state index contributed by atoms with van der Waals surface area (Å²) in [5.74, 6) is 0. The van der Waals surface area contributed by atoms with Crippen molar-refractivity contribution in [2.45, 2.75) is 51.4 Å². The molecule has 0 unspecified atom stereocenters. The number of halogens is 3. The van der Waals surface area contributed by atoms with Gasteiger partial charge in [0.05, 0.1) is 0 Å². The van der Waals surface area contributed by atoms with Crippen LogP contribution >= 0.6 is 0 Å². The van der Waals surface area contributed by atoms with Crippen molar-refractivity contribution in [1.82, 2.24) is 0 Å². The Kier molecular flexibility index (Phi) is 5.94. The normalized spacial score (nSPS) is 15.0. The van der Waals surface area contributed by atoms with Crippen molar-refractivity contribution >= 4 is 26.6 Å². The maximum Gasteiger partial charge on any atom is 0.388 e. The predicted octanol–water partition coefficient (Wildman–Crippen LogP) is 3.01. The quantitative estimate of drug-likeness (QED) is 0.553. The SMILES string of the molecule is C[Si](C)(C)O[Si](C)(C)O[SiH2]CCC(F)(F)F. The van der Waals surface area contributed by atoms with Gasteiger partial charge in [-0.3, -0.25) is 0 Å². The first-order chi connectivity index (χ1) is 6.91. The third kappa shape index (κ3) is 10.9. The highest BCUT2D eigenvalue weighted by Gasteiger charge is 2.32. The highest BCUT2D eigenvalue weighted by molar-refractivity contribution is 6.82. The third-order valence-electron chi connectivity index (χ3n) is 1.61. The van der Waals surface area contributed by atoms with E-state index in [1.807, 2.05) is 13.1 Å². The molecule has 0 rings (SSSR count).